The van der Waals surface area contributed by atoms with Crippen LogP contribution in [0.5, 0.6) is 5.75 Å². The minimum atomic E-state index is -0.184. The van der Waals surface area contributed by atoms with Crippen molar-refractivity contribution in [1.82, 2.24) is 5.32 Å². The molecule has 0 saturated heterocycles. The van der Waals surface area contributed by atoms with Crippen molar-refractivity contribution in [1.29, 1.82) is 0 Å². The van der Waals surface area contributed by atoms with Gasteiger partial charge in [0.1, 0.15) is 11.4 Å². The van der Waals surface area contributed by atoms with Gasteiger partial charge in [0, 0.05) is 13.5 Å². The normalized spacial score (nSPS) is 11.1. The summed E-state index contributed by atoms with van der Waals surface area (Å²) in [6.07, 6.45) is 0.820. The summed E-state index contributed by atoms with van der Waals surface area (Å²) in [5.41, 5.74) is 0.983. The molecule has 3 heteroatoms. The highest BCUT2D eigenvalue weighted by Crippen LogP contribution is 2.19. The first-order valence-corrected chi connectivity index (χ1v) is 5.89. The van der Waals surface area contributed by atoms with E-state index in [1.807, 2.05) is 45.0 Å². The van der Waals surface area contributed by atoms with Crippen LogP contribution in [-0.4, -0.2) is 18.1 Å². The third-order valence-electron chi connectivity index (χ3n) is 2.11. The van der Waals surface area contributed by atoms with E-state index in [4.69, 9.17) is 4.74 Å². The van der Waals surface area contributed by atoms with Gasteiger partial charge in [0.15, 0.2) is 0 Å². The van der Waals surface area contributed by atoms with Crippen LogP contribution in [0.25, 0.3) is 0 Å². The number of hydrogen-bond donors (Lipinski definition) is 1. The summed E-state index contributed by atoms with van der Waals surface area (Å²) < 4.78 is 5.78. The van der Waals surface area contributed by atoms with E-state index in [-0.39, 0.29) is 11.5 Å². The molecule has 0 fully saturated rings. The molecule has 0 atom stereocenters. The highest BCUT2D eigenvalue weighted by molar-refractivity contribution is 5.72. The highest BCUT2D eigenvalue weighted by atomic mass is 16.5. The Morgan fingerprint density at radius 2 is 2.06 bits per heavy atom. The van der Waals surface area contributed by atoms with Gasteiger partial charge in [0.25, 0.3) is 0 Å². The number of amides is 1. The van der Waals surface area contributed by atoms with Gasteiger partial charge in [-0.2, -0.15) is 0 Å². The smallest absolute Gasteiger partial charge is 0.216 e. The van der Waals surface area contributed by atoms with Gasteiger partial charge in [-0.1, -0.05) is 12.1 Å². The molecule has 0 radical (unpaired) electrons. The van der Waals surface area contributed by atoms with Crippen LogP contribution in [0.15, 0.2) is 24.3 Å². The first-order valence-electron chi connectivity index (χ1n) is 5.89. The average molecular weight is 235 g/mol. The molecule has 1 N–H and O–H groups in total. The molecule has 0 heterocycles. The van der Waals surface area contributed by atoms with Gasteiger partial charge in [-0.15, -0.1) is 0 Å². The predicted octanol–water partition coefficient (Wildman–Crippen LogP) is 2.54. The number of rotatable bonds is 4. The van der Waals surface area contributed by atoms with Crippen LogP contribution in [0, 0.1) is 0 Å². The molecule has 17 heavy (non-hydrogen) atoms. The number of nitrogens with one attached hydrogen (secondary N) is 1. The van der Waals surface area contributed by atoms with E-state index < -0.39 is 0 Å². The Morgan fingerprint density at radius 1 is 1.35 bits per heavy atom. The number of carbonyl (C=O) groups is 1. The molecule has 0 bridgehead atoms. The molecule has 0 aliphatic carbocycles. The standard InChI is InChI=1S/C14H21NO2/c1-11(16)15-9-8-12-6-5-7-13(10-12)17-14(2,3)4/h5-7,10H,8-9H2,1-4H3,(H,15,16). The molecule has 0 aromatic heterocycles. The van der Waals surface area contributed by atoms with Crippen LogP contribution in [0.4, 0.5) is 0 Å². The first-order chi connectivity index (χ1) is 7.87. The number of carbonyl (C=O) groups excluding carboxylic acids is 1. The summed E-state index contributed by atoms with van der Waals surface area (Å²) >= 11 is 0. The molecule has 0 aliphatic heterocycles. The lowest BCUT2D eigenvalue weighted by Gasteiger charge is -2.21. The molecule has 0 saturated carbocycles. The van der Waals surface area contributed by atoms with Gasteiger partial charge in [-0.25, -0.2) is 0 Å². The van der Waals surface area contributed by atoms with E-state index in [1.165, 1.54) is 12.5 Å². The second kappa shape index (κ2) is 5.71. The van der Waals surface area contributed by atoms with E-state index >= 15 is 0 Å². The van der Waals surface area contributed by atoms with Crippen LogP contribution >= 0.6 is 0 Å². The van der Waals surface area contributed by atoms with Crippen molar-refractivity contribution in [3.05, 3.63) is 29.8 Å². The molecule has 0 unspecified atom stereocenters. The molecule has 0 aliphatic rings. The van der Waals surface area contributed by atoms with Gasteiger partial charge in [-0.05, 0) is 44.9 Å². The summed E-state index contributed by atoms with van der Waals surface area (Å²) in [6.45, 7) is 8.26. The largest absolute Gasteiger partial charge is 0.488 e. The van der Waals surface area contributed by atoms with Crippen molar-refractivity contribution in [3.8, 4) is 5.75 Å². The van der Waals surface area contributed by atoms with E-state index in [0.29, 0.717) is 6.54 Å². The monoisotopic (exact) mass is 235 g/mol. The molecule has 1 aromatic rings. The van der Waals surface area contributed by atoms with Crippen LogP contribution in [0.1, 0.15) is 33.3 Å². The minimum absolute atomic E-state index is 0.00657. The van der Waals surface area contributed by atoms with Crippen molar-refractivity contribution in [2.45, 2.75) is 39.7 Å². The van der Waals surface area contributed by atoms with Crippen LogP contribution in [-0.2, 0) is 11.2 Å². The molecular weight excluding hydrogens is 214 g/mol. The van der Waals surface area contributed by atoms with Crippen LogP contribution in [0.2, 0.25) is 0 Å². The zero-order valence-electron chi connectivity index (χ0n) is 11.0. The van der Waals surface area contributed by atoms with Crippen LogP contribution < -0.4 is 10.1 Å². The molecule has 1 amide bonds. The van der Waals surface area contributed by atoms with Gasteiger partial charge < -0.3 is 10.1 Å². The molecular formula is C14H21NO2. The third kappa shape index (κ3) is 5.95. The van der Waals surface area contributed by atoms with E-state index in [0.717, 1.165) is 12.2 Å². The molecule has 1 rings (SSSR count). The lowest BCUT2D eigenvalue weighted by atomic mass is 10.1. The van der Waals surface area contributed by atoms with E-state index in [1.54, 1.807) is 0 Å². The summed E-state index contributed by atoms with van der Waals surface area (Å²) in [4.78, 5) is 10.8. The maximum Gasteiger partial charge on any atom is 0.216 e. The summed E-state index contributed by atoms with van der Waals surface area (Å²) in [5, 5.41) is 2.78. The predicted molar refractivity (Wildman–Crippen MR) is 69.2 cm³/mol. The van der Waals surface area contributed by atoms with Crippen molar-refractivity contribution in [3.63, 3.8) is 0 Å². The zero-order valence-corrected chi connectivity index (χ0v) is 11.0. The topological polar surface area (TPSA) is 38.3 Å². The zero-order chi connectivity index (χ0) is 12.9. The van der Waals surface area contributed by atoms with Gasteiger partial charge in [0.2, 0.25) is 5.91 Å². The maximum atomic E-state index is 10.8. The summed E-state index contributed by atoms with van der Waals surface area (Å²) in [5.74, 6) is 0.880. The summed E-state index contributed by atoms with van der Waals surface area (Å²) in [6, 6.07) is 7.99. The Morgan fingerprint density at radius 3 is 2.65 bits per heavy atom. The van der Waals surface area contributed by atoms with Gasteiger partial charge >= 0.3 is 0 Å². The Kier molecular flexibility index (Phi) is 4.55. The minimum Gasteiger partial charge on any atom is -0.488 e. The molecule has 0 spiro atoms. The highest BCUT2D eigenvalue weighted by Gasteiger charge is 2.11. The Balaban J connectivity index is 2.57. The van der Waals surface area contributed by atoms with Crippen molar-refractivity contribution >= 4 is 5.91 Å². The number of ether oxygens (including phenoxy) is 1. The van der Waals surface area contributed by atoms with Crippen molar-refractivity contribution in [2.24, 2.45) is 0 Å². The number of benzene rings is 1. The molecule has 94 valence electrons. The SMILES string of the molecule is CC(=O)NCCc1cccc(OC(C)(C)C)c1. The Hall–Kier alpha value is -1.51. The van der Waals surface area contributed by atoms with E-state index in [9.17, 15) is 4.79 Å². The van der Waals surface area contributed by atoms with Crippen LogP contribution in [0.3, 0.4) is 0 Å². The third-order valence-corrected chi connectivity index (χ3v) is 2.11. The first kappa shape index (κ1) is 13.6. The fraction of sp³-hybridized carbons (Fsp3) is 0.500. The quantitative estimate of drug-likeness (QED) is 0.871. The average Bonchev–Trinajstić information content (AvgIpc) is 2.14. The fourth-order valence-corrected chi connectivity index (χ4v) is 1.50. The van der Waals surface area contributed by atoms with Gasteiger partial charge in [-0.3, -0.25) is 4.79 Å². The lowest BCUT2D eigenvalue weighted by molar-refractivity contribution is -0.118. The second-order valence-corrected chi connectivity index (χ2v) is 5.09. The van der Waals surface area contributed by atoms with Gasteiger partial charge in [0.05, 0.1) is 0 Å². The molecule has 3 nitrogen and oxygen atoms in total. The summed E-state index contributed by atoms with van der Waals surface area (Å²) in [7, 11) is 0. The second-order valence-electron chi connectivity index (χ2n) is 5.09. The maximum absolute atomic E-state index is 10.8. The van der Waals surface area contributed by atoms with Crippen molar-refractivity contribution < 1.29 is 9.53 Å². The fourth-order valence-electron chi connectivity index (χ4n) is 1.50. The number of hydrogen-bond acceptors (Lipinski definition) is 2. The Bertz CT molecular complexity index is 380. The van der Waals surface area contributed by atoms with Crippen molar-refractivity contribution in [2.75, 3.05) is 6.54 Å². The molecule has 1 aromatic carbocycles. The Labute approximate surface area is 103 Å². The van der Waals surface area contributed by atoms with E-state index in [2.05, 4.69) is 5.32 Å². The lowest BCUT2D eigenvalue weighted by Crippen LogP contribution is -2.23.